The molecular formula is C19H22N2O4. The van der Waals surface area contributed by atoms with Crippen LogP contribution >= 0.6 is 0 Å². The van der Waals surface area contributed by atoms with Crippen LogP contribution in [0.4, 0.5) is 0 Å². The highest BCUT2D eigenvalue weighted by Gasteiger charge is 2.26. The zero-order chi connectivity index (χ0) is 18.4. The molecule has 0 aliphatic rings. The normalized spacial score (nSPS) is 12.4. The Hall–Kier alpha value is -2.73. The molecule has 2 rings (SSSR count). The molecular weight excluding hydrogens is 320 g/mol. The number of benzene rings is 1. The fraction of sp³-hybridized carbons (Fsp3) is 0.316. The predicted molar refractivity (Wildman–Crippen MR) is 93.1 cm³/mol. The molecule has 0 spiro atoms. The first-order chi connectivity index (χ1) is 11.8. The number of rotatable bonds is 6. The lowest BCUT2D eigenvalue weighted by atomic mass is 10.1. The van der Waals surface area contributed by atoms with Crippen molar-refractivity contribution in [1.29, 1.82) is 0 Å². The predicted octanol–water partition coefficient (Wildman–Crippen LogP) is 2.95. The van der Waals surface area contributed by atoms with Gasteiger partial charge in [-0.05, 0) is 50.1 Å². The number of carbonyl (C=O) groups is 2. The van der Waals surface area contributed by atoms with E-state index in [-0.39, 0.29) is 5.56 Å². The number of aromatic nitrogens is 1. The standard InChI is InChI=1S/C19H22N2O4/c1-19(2,3)25-18(24)16(15-8-5-9-20-12-15)21-11-13-6-4-7-14(10-13)17(22)23/h4-10,12,16,21H,11H2,1-3H3,(H,22,23). The van der Waals surface area contributed by atoms with Crippen molar-refractivity contribution in [3.8, 4) is 0 Å². The molecule has 6 heteroatoms. The van der Waals surface area contributed by atoms with Crippen molar-refractivity contribution < 1.29 is 19.4 Å². The molecule has 1 atom stereocenters. The average Bonchev–Trinajstić information content (AvgIpc) is 2.54. The van der Waals surface area contributed by atoms with Gasteiger partial charge < -0.3 is 9.84 Å². The maximum absolute atomic E-state index is 12.5. The lowest BCUT2D eigenvalue weighted by molar-refractivity contribution is -0.157. The summed E-state index contributed by atoms with van der Waals surface area (Å²) in [5.41, 5.74) is 1.04. The van der Waals surface area contributed by atoms with E-state index in [1.54, 1.807) is 42.7 Å². The molecule has 1 unspecified atom stereocenters. The van der Waals surface area contributed by atoms with E-state index in [4.69, 9.17) is 9.84 Å². The van der Waals surface area contributed by atoms with E-state index in [1.165, 1.54) is 6.07 Å². The van der Waals surface area contributed by atoms with Gasteiger partial charge in [-0.1, -0.05) is 18.2 Å². The maximum Gasteiger partial charge on any atom is 0.335 e. The van der Waals surface area contributed by atoms with Gasteiger partial charge in [0.1, 0.15) is 11.6 Å². The molecule has 0 aliphatic heterocycles. The molecule has 1 aromatic heterocycles. The monoisotopic (exact) mass is 342 g/mol. The minimum absolute atomic E-state index is 0.203. The minimum Gasteiger partial charge on any atom is -0.478 e. The highest BCUT2D eigenvalue weighted by atomic mass is 16.6. The Balaban J connectivity index is 2.18. The summed E-state index contributed by atoms with van der Waals surface area (Å²) in [7, 11) is 0. The number of nitrogens with zero attached hydrogens (tertiary/aromatic N) is 1. The first-order valence-electron chi connectivity index (χ1n) is 7.95. The van der Waals surface area contributed by atoms with Crippen LogP contribution in [-0.2, 0) is 16.1 Å². The van der Waals surface area contributed by atoms with Crippen LogP contribution in [0, 0.1) is 0 Å². The van der Waals surface area contributed by atoms with E-state index in [2.05, 4.69) is 10.3 Å². The van der Waals surface area contributed by atoms with Gasteiger partial charge in [0.2, 0.25) is 0 Å². The summed E-state index contributed by atoms with van der Waals surface area (Å²) in [5, 5.41) is 12.2. The maximum atomic E-state index is 12.5. The minimum atomic E-state index is -0.988. The molecule has 0 saturated heterocycles. The van der Waals surface area contributed by atoms with E-state index in [0.29, 0.717) is 12.1 Å². The van der Waals surface area contributed by atoms with Crippen LogP contribution in [-0.4, -0.2) is 27.6 Å². The summed E-state index contributed by atoms with van der Waals surface area (Å²) in [5.74, 6) is -1.40. The van der Waals surface area contributed by atoms with Crippen molar-refractivity contribution >= 4 is 11.9 Å². The van der Waals surface area contributed by atoms with Crippen molar-refractivity contribution in [3.05, 3.63) is 65.5 Å². The number of carbonyl (C=O) groups excluding carboxylic acids is 1. The SMILES string of the molecule is CC(C)(C)OC(=O)C(NCc1cccc(C(=O)O)c1)c1cccnc1. The first kappa shape index (κ1) is 18.6. The van der Waals surface area contributed by atoms with Gasteiger partial charge in [0, 0.05) is 18.9 Å². The number of hydrogen-bond donors (Lipinski definition) is 2. The van der Waals surface area contributed by atoms with Crippen LogP contribution in [0.3, 0.4) is 0 Å². The van der Waals surface area contributed by atoms with Crippen LogP contribution in [0.2, 0.25) is 0 Å². The van der Waals surface area contributed by atoms with Crippen LogP contribution in [0.5, 0.6) is 0 Å². The number of ether oxygens (including phenoxy) is 1. The Morgan fingerprint density at radius 1 is 1.24 bits per heavy atom. The molecule has 6 nitrogen and oxygen atoms in total. The van der Waals surface area contributed by atoms with Gasteiger partial charge in [-0.3, -0.25) is 10.3 Å². The Morgan fingerprint density at radius 2 is 2.00 bits per heavy atom. The lowest BCUT2D eigenvalue weighted by Gasteiger charge is -2.24. The smallest absolute Gasteiger partial charge is 0.335 e. The van der Waals surface area contributed by atoms with Gasteiger partial charge in [-0.15, -0.1) is 0 Å². The number of aromatic carboxylic acids is 1. The van der Waals surface area contributed by atoms with E-state index in [0.717, 1.165) is 5.56 Å². The molecule has 0 fully saturated rings. The molecule has 0 saturated carbocycles. The van der Waals surface area contributed by atoms with Gasteiger partial charge in [0.25, 0.3) is 0 Å². The van der Waals surface area contributed by atoms with E-state index in [9.17, 15) is 9.59 Å². The second-order valence-electron chi connectivity index (χ2n) is 6.64. The third kappa shape index (κ3) is 5.69. The summed E-state index contributed by atoms with van der Waals surface area (Å²) in [6.07, 6.45) is 3.24. The van der Waals surface area contributed by atoms with Gasteiger partial charge in [-0.2, -0.15) is 0 Å². The summed E-state index contributed by atoms with van der Waals surface area (Å²) < 4.78 is 5.48. The van der Waals surface area contributed by atoms with Gasteiger partial charge in [0.15, 0.2) is 0 Å². The highest BCUT2D eigenvalue weighted by Crippen LogP contribution is 2.19. The Bertz CT molecular complexity index is 739. The molecule has 2 N–H and O–H groups in total. The number of pyridine rings is 1. The summed E-state index contributed by atoms with van der Waals surface area (Å²) >= 11 is 0. The zero-order valence-electron chi connectivity index (χ0n) is 14.5. The largest absolute Gasteiger partial charge is 0.478 e. The molecule has 1 heterocycles. The van der Waals surface area contributed by atoms with Crippen molar-refractivity contribution in [2.45, 2.75) is 39.0 Å². The van der Waals surface area contributed by atoms with Crippen LogP contribution in [0.15, 0.2) is 48.8 Å². The second-order valence-corrected chi connectivity index (χ2v) is 6.64. The molecule has 25 heavy (non-hydrogen) atoms. The van der Waals surface area contributed by atoms with Crippen molar-refractivity contribution in [3.63, 3.8) is 0 Å². The van der Waals surface area contributed by atoms with Crippen LogP contribution in [0.1, 0.15) is 48.3 Å². The molecule has 0 bridgehead atoms. The summed E-state index contributed by atoms with van der Waals surface area (Å²) in [4.78, 5) is 27.7. The number of carboxylic acid groups (broad SMARTS) is 1. The average molecular weight is 342 g/mol. The first-order valence-corrected chi connectivity index (χ1v) is 7.95. The molecule has 0 amide bonds. The number of hydrogen-bond acceptors (Lipinski definition) is 5. The van der Waals surface area contributed by atoms with E-state index < -0.39 is 23.6 Å². The van der Waals surface area contributed by atoms with Crippen molar-refractivity contribution in [2.75, 3.05) is 0 Å². The Kier molecular flexibility index (Phi) is 5.88. The van der Waals surface area contributed by atoms with Gasteiger partial charge >= 0.3 is 11.9 Å². The van der Waals surface area contributed by atoms with Gasteiger partial charge in [-0.25, -0.2) is 9.59 Å². The number of esters is 1. The van der Waals surface area contributed by atoms with Crippen LogP contribution < -0.4 is 5.32 Å². The topological polar surface area (TPSA) is 88.5 Å². The van der Waals surface area contributed by atoms with Crippen LogP contribution in [0.25, 0.3) is 0 Å². The number of nitrogens with one attached hydrogen (secondary N) is 1. The van der Waals surface area contributed by atoms with E-state index in [1.807, 2.05) is 20.8 Å². The second kappa shape index (κ2) is 7.90. The molecule has 2 aromatic rings. The van der Waals surface area contributed by atoms with Gasteiger partial charge in [0.05, 0.1) is 5.56 Å². The third-order valence-corrected chi connectivity index (χ3v) is 3.34. The van der Waals surface area contributed by atoms with Crippen molar-refractivity contribution in [2.24, 2.45) is 0 Å². The quantitative estimate of drug-likeness (QED) is 0.785. The highest BCUT2D eigenvalue weighted by molar-refractivity contribution is 5.87. The zero-order valence-corrected chi connectivity index (χ0v) is 14.5. The fourth-order valence-electron chi connectivity index (χ4n) is 2.28. The molecule has 132 valence electrons. The van der Waals surface area contributed by atoms with Crippen molar-refractivity contribution in [1.82, 2.24) is 10.3 Å². The summed E-state index contributed by atoms with van der Waals surface area (Å²) in [6.45, 7) is 5.74. The molecule has 0 aliphatic carbocycles. The van der Waals surface area contributed by atoms with E-state index >= 15 is 0 Å². The summed E-state index contributed by atoms with van der Waals surface area (Å²) in [6, 6.07) is 9.42. The Labute approximate surface area is 146 Å². The molecule has 1 aromatic carbocycles. The number of carboxylic acids is 1. The lowest BCUT2D eigenvalue weighted by Crippen LogP contribution is -2.34. The third-order valence-electron chi connectivity index (χ3n) is 3.34. The molecule has 0 radical (unpaired) electrons. The fourth-order valence-corrected chi connectivity index (χ4v) is 2.28. The Morgan fingerprint density at radius 3 is 2.60 bits per heavy atom.